The van der Waals surface area contributed by atoms with Crippen LogP contribution in [0.2, 0.25) is 0 Å². The van der Waals surface area contributed by atoms with Crippen molar-refractivity contribution in [2.75, 3.05) is 14.2 Å². The molecule has 2 unspecified atom stereocenters. The maximum atomic E-state index is 13.0. The molecule has 2 aliphatic rings. The van der Waals surface area contributed by atoms with E-state index in [0.717, 1.165) is 36.1 Å². The summed E-state index contributed by atoms with van der Waals surface area (Å²) in [7, 11) is 3.04. The van der Waals surface area contributed by atoms with Gasteiger partial charge in [0.25, 0.3) is 0 Å². The number of hydrogen-bond donors (Lipinski definition) is 0. The van der Waals surface area contributed by atoms with Crippen LogP contribution >= 0.6 is 15.9 Å². The standard InChI is InChI=1S/C19H23BrO4/c1-18-8-5-9-19(2,17(22)24-4)16(18)14(20)15(21)12-7-6-11(23-3)10-13(12)18/h6-7,10,14,16H,5,8-9H2,1-4H3/t14?,16?,18-,19+/m1/s1. The predicted molar refractivity (Wildman–Crippen MR) is 94.9 cm³/mol. The Morgan fingerprint density at radius 1 is 1.25 bits per heavy atom. The van der Waals surface area contributed by atoms with Crippen LogP contribution in [-0.4, -0.2) is 30.8 Å². The van der Waals surface area contributed by atoms with E-state index in [1.165, 1.54) is 7.11 Å². The molecule has 0 heterocycles. The third kappa shape index (κ3) is 2.24. The van der Waals surface area contributed by atoms with Gasteiger partial charge >= 0.3 is 5.97 Å². The summed E-state index contributed by atoms with van der Waals surface area (Å²) in [6.45, 7) is 4.10. The minimum atomic E-state index is -0.688. The van der Waals surface area contributed by atoms with E-state index >= 15 is 0 Å². The number of methoxy groups -OCH3 is 2. The number of ether oxygens (including phenoxy) is 2. The van der Waals surface area contributed by atoms with E-state index in [1.807, 2.05) is 25.1 Å². The summed E-state index contributed by atoms with van der Waals surface area (Å²) in [5, 5.41) is 0. The van der Waals surface area contributed by atoms with Crippen LogP contribution < -0.4 is 4.74 Å². The number of Topliss-reactive ketones (excluding diaryl/α,β-unsaturated/α-hetero) is 1. The molecule has 4 atom stereocenters. The molecule has 0 amide bonds. The van der Waals surface area contributed by atoms with Crippen molar-refractivity contribution in [3.05, 3.63) is 29.3 Å². The van der Waals surface area contributed by atoms with Gasteiger partial charge in [-0.1, -0.05) is 29.3 Å². The Morgan fingerprint density at radius 2 is 1.96 bits per heavy atom. The lowest BCUT2D eigenvalue weighted by molar-refractivity contribution is -0.160. The number of benzene rings is 1. The lowest BCUT2D eigenvalue weighted by Gasteiger charge is -2.55. The number of esters is 1. The van der Waals surface area contributed by atoms with Crippen LogP contribution in [0.4, 0.5) is 0 Å². The van der Waals surface area contributed by atoms with E-state index in [2.05, 4.69) is 22.9 Å². The first-order chi connectivity index (χ1) is 11.3. The van der Waals surface area contributed by atoms with Gasteiger partial charge in [0.05, 0.1) is 24.5 Å². The monoisotopic (exact) mass is 394 g/mol. The summed E-state index contributed by atoms with van der Waals surface area (Å²) in [5.41, 5.74) is 0.743. The van der Waals surface area contributed by atoms with Gasteiger partial charge in [0, 0.05) is 11.5 Å². The molecule has 5 heteroatoms. The molecule has 24 heavy (non-hydrogen) atoms. The quantitative estimate of drug-likeness (QED) is 0.563. The average Bonchev–Trinajstić information content (AvgIpc) is 2.58. The van der Waals surface area contributed by atoms with Crippen LogP contribution in [0.25, 0.3) is 0 Å². The van der Waals surface area contributed by atoms with Gasteiger partial charge in [-0.2, -0.15) is 0 Å². The number of ketones is 1. The van der Waals surface area contributed by atoms with Gasteiger partial charge in [-0.3, -0.25) is 9.59 Å². The summed E-state index contributed by atoms with van der Waals surface area (Å²) in [4.78, 5) is 25.2. The third-order valence-electron chi connectivity index (χ3n) is 6.07. The van der Waals surface area contributed by atoms with Gasteiger partial charge in [0.15, 0.2) is 5.78 Å². The minimum Gasteiger partial charge on any atom is -0.497 e. The Balaban J connectivity index is 2.23. The minimum absolute atomic E-state index is 0.0344. The lowest BCUT2D eigenvalue weighted by atomic mass is 9.49. The fourth-order valence-electron chi connectivity index (χ4n) is 4.88. The number of fused-ring (bicyclic) bond motifs is 3. The summed E-state index contributed by atoms with van der Waals surface area (Å²) in [5.74, 6) is 0.382. The van der Waals surface area contributed by atoms with Crippen LogP contribution in [0.3, 0.4) is 0 Å². The number of carbonyl (C=O) groups is 2. The maximum absolute atomic E-state index is 13.0. The largest absolute Gasteiger partial charge is 0.497 e. The molecule has 2 aliphatic carbocycles. The lowest BCUT2D eigenvalue weighted by Crippen LogP contribution is -2.58. The first-order valence-electron chi connectivity index (χ1n) is 8.25. The molecule has 0 aliphatic heterocycles. The van der Waals surface area contributed by atoms with Gasteiger partial charge in [-0.15, -0.1) is 0 Å². The molecule has 4 nitrogen and oxygen atoms in total. The van der Waals surface area contributed by atoms with Crippen LogP contribution in [0, 0.1) is 11.3 Å². The zero-order valence-corrected chi connectivity index (χ0v) is 16.1. The van der Waals surface area contributed by atoms with Crippen molar-refractivity contribution >= 4 is 27.7 Å². The Labute approximate surface area is 151 Å². The van der Waals surface area contributed by atoms with E-state index in [9.17, 15) is 9.59 Å². The van der Waals surface area contributed by atoms with Gasteiger partial charge in [0.1, 0.15) is 5.75 Å². The van der Waals surface area contributed by atoms with Crippen LogP contribution in [0.15, 0.2) is 18.2 Å². The molecule has 0 bridgehead atoms. The molecular weight excluding hydrogens is 372 g/mol. The van der Waals surface area contributed by atoms with Gasteiger partial charge in [-0.25, -0.2) is 0 Å². The second-order valence-corrected chi connectivity index (χ2v) is 8.32. The van der Waals surface area contributed by atoms with Gasteiger partial charge in [0.2, 0.25) is 0 Å². The van der Waals surface area contributed by atoms with E-state index in [-0.39, 0.29) is 23.1 Å². The van der Waals surface area contributed by atoms with E-state index in [4.69, 9.17) is 9.47 Å². The second-order valence-electron chi connectivity index (χ2n) is 7.34. The van der Waals surface area contributed by atoms with E-state index in [0.29, 0.717) is 0 Å². The molecule has 0 radical (unpaired) electrons. The van der Waals surface area contributed by atoms with E-state index in [1.54, 1.807) is 7.11 Å². The zero-order valence-electron chi connectivity index (χ0n) is 14.5. The topological polar surface area (TPSA) is 52.6 Å². The first kappa shape index (κ1) is 17.5. The molecule has 1 aromatic carbocycles. The number of rotatable bonds is 2. The summed E-state index contributed by atoms with van der Waals surface area (Å²) in [6.07, 6.45) is 2.58. The number of halogens is 1. The molecule has 0 N–H and O–H groups in total. The van der Waals surface area contributed by atoms with Crippen molar-refractivity contribution < 1.29 is 19.1 Å². The fraction of sp³-hybridized carbons (Fsp3) is 0.579. The van der Waals surface area contributed by atoms with Crippen LogP contribution in [0.1, 0.15) is 49.0 Å². The summed E-state index contributed by atoms with van der Waals surface area (Å²) in [6, 6.07) is 5.63. The first-order valence-corrected chi connectivity index (χ1v) is 9.16. The Kier molecular flexibility index (Phi) is 4.27. The van der Waals surface area contributed by atoms with Crippen molar-refractivity contribution in [3.8, 4) is 5.75 Å². The molecule has 0 saturated heterocycles. The fourth-order valence-corrected chi connectivity index (χ4v) is 6.30. The number of alkyl halides is 1. The highest BCUT2D eigenvalue weighted by Crippen LogP contribution is 2.59. The Morgan fingerprint density at radius 3 is 2.58 bits per heavy atom. The smallest absolute Gasteiger partial charge is 0.311 e. The Hall–Kier alpha value is -1.36. The van der Waals surface area contributed by atoms with Gasteiger partial charge in [-0.05, 0) is 48.9 Å². The highest BCUT2D eigenvalue weighted by molar-refractivity contribution is 9.10. The van der Waals surface area contributed by atoms with Crippen LogP contribution in [0.5, 0.6) is 5.75 Å². The van der Waals surface area contributed by atoms with Crippen LogP contribution in [-0.2, 0) is 14.9 Å². The Bertz CT molecular complexity index is 701. The molecule has 0 spiro atoms. The molecule has 1 aromatic rings. The molecular formula is C19H23BrO4. The number of carbonyl (C=O) groups excluding carboxylic acids is 2. The van der Waals surface area contributed by atoms with Crippen molar-refractivity contribution in [1.82, 2.24) is 0 Å². The summed E-state index contributed by atoms with van der Waals surface area (Å²) < 4.78 is 10.5. The van der Waals surface area contributed by atoms with Crippen molar-refractivity contribution in [3.63, 3.8) is 0 Å². The van der Waals surface area contributed by atoms with Crippen molar-refractivity contribution in [2.24, 2.45) is 11.3 Å². The SMILES string of the molecule is COC(=O)[C@@]1(C)CCC[C@]2(C)c3cc(OC)ccc3C(=O)C(Br)C12. The van der Waals surface area contributed by atoms with Gasteiger partial charge < -0.3 is 9.47 Å². The molecule has 0 aromatic heterocycles. The summed E-state index contributed by atoms with van der Waals surface area (Å²) >= 11 is 3.62. The number of hydrogen-bond acceptors (Lipinski definition) is 4. The molecule has 130 valence electrons. The zero-order chi connectivity index (χ0) is 17.7. The van der Waals surface area contributed by atoms with E-state index < -0.39 is 10.2 Å². The highest BCUT2D eigenvalue weighted by Gasteiger charge is 2.60. The predicted octanol–water partition coefficient (Wildman–Crippen LogP) is 3.89. The maximum Gasteiger partial charge on any atom is 0.311 e. The van der Waals surface area contributed by atoms with Crippen molar-refractivity contribution in [1.29, 1.82) is 0 Å². The second kappa shape index (κ2) is 5.87. The highest BCUT2D eigenvalue weighted by atomic mass is 79.9. The normalized spacial score (nSPS) is 35.0. The molecule has 1 fully saturated rings. The molecule has 1 saturated carbocycles. The average molecular weight is 395 g/mol. The third-order valence-corrected chi connectivity index (χ3v) is 7.01. The molecule has 3 rings (SSSR count). The van der Waals surface area contributed by atoms with Crippen molar-refractivity contribution in [2.45, 2.75) is 43.4 Å².